The number of fused-ring (bicyclic) bond motifs is 2. The van der Waals surface area contributed by atoms with Gasteiger partial charge < -0.3 is 9.88 Å². The van der Waals surface area contributed by atoms with E-state index in [9.17, 15) is 4.79 Å². The van der Waals surface area contributed by atoms with Gasteiger partial charge in [-0.2, -0.15) is 0 Å². The SMILES string of the molecule is C[C@@H](NC(=O)c1csc2c1CCCC2)c1nnc2n1CCCCC2. The molecule has 2 aliphatic rings. The molecule has 0 aromatic carbocycles. The van der Waals surface area contributed by atoms with E-state index in [4.69, 9.17) is 0 Å². The van der Waals surface area contributed by atoms with E-state index in [-0.39, 0.29) is 11.9 Å². The van der Waals surface area contributed by atoms with Crippen LogP contribution < -0.4 is 5.32 Å². The molecule has 5 nitrogen and oxygen atoms in total. The maximum Gasteiger partial charge on any atom is 0.252 e. The van der Waals surface area contributed by atoms with Crippen molar-refractivity contribution in [1.29, 1.82) is 0 Å². The van der Waals surface area contributed by atoms with Gasteiger partial charge in [-0.15, -0.1) is 21.5 Å². The molecule has 0 unspecified atom stereocenters. The third-order valence-corrected chi connectivity index (χ3v) is 6.27. The van der Waals surface area contributed by atoms with Gasteiger partial charge in [-0.1, -0.05) is 6.42 Å². The summed E-state index contributed by atoms with van der Waals surface area (Å²) in [6, 6.07) is -0.115. The Hall–Kier alpha value is -1.69. The smallest absolute Gasteiger partial charge is 0.252 e. The van der Waals surface area contributed by atoms with Crippen molar-refractivity contribution < 1.29 is 4.79 Å². The normalized spacial score (nSPS) is 18.4. The summed E-state index contributed by atoms with van der Waals surface area (Å²) in [5, 5.41) is 13.9. The molecule has 1 aliphatic carbocycles. The predicted molar refractivity (Wildman–Crippen MR) is 94.4 cm³/mol. The van der Waals surface area contributed by atoms with Gasteiger partial charge in [0.25, 0.3) is 5.91 Å². The zero-order chi connectivity index (χ0) is 16.5. The Morgan fingerprint density at radius 2 is 2.00 bits per heavy atom. The van der Waals surface area contributed by atoms with Gasteiger partial charge in [-0.05, 0) is 51.0 Å². The summed E-state index contributed by atoms with van der Waals surface area (Å²) >= 11 is 1.74. The first-order valence-corrected chi connectivity index (χ1v) is 9.94. The Balaban J connectivity index is 1.52. The standard InChI is InChI=1S/C18H24N4OS/c1-12(17-21-20-16-9-3-2-6-10-22(16)17)19-18(23)14-11-24-15-8-5-4-7-13(14)15/h11-12H,2-10H2,1H3,(H,19,23)/t12-/m1/s1. The van der Waals surface area contributed by atoms with Crippen LogP contribution in [0.15, 0.2) is 5.38 Å². The Kier molecular flexibility index (Phi) is 4.39. The van der Waals surface area contributed by atoms with Crippen molar-refractivity contribution in [3.05, 3.63) is 33.0 Å². The molecule has 1 atom stereocenters. The number of aryl methyl sites for hydroxylation is 2. The molecular weight excluding hydrogens is 320 g/mol. The molecule has 0 saturated heterocycles. The number of carbonyl (C=O) groups is 1. The number of aromatic nitrogens is 3. The quantitative estimate of drug-likeness (QED) is 0.928. The van der Waals surface area contributed by atoms with Gasteiger partial charge in [-0.3, -0.25) is 4.79 Å². The lowest BCUT2D eigenvalue weighted by Crippen LogP contribution is -2.29. The second-order valence-corrected chi connectivity index (χ2v) is 7.85. The topological polar surface area (TPSA) is 59.8 Å². The molecule has 0 bridgehead atoms. The van der Waals surface area contributed by atoms with E-state index in [1.165, 1.54) is 36.1 Å². The van der Waals surface area contributed by atoms with Crippen molar-refractivity contribution >= 4 is 17.2 Å². The molecule has 6 heteroatoms. The van der Waals surface area contributed by atoms with Crippen LogP contribution in [0.1, 0.15) is 77.5 Å². The van der Waals surface area contributed by atoms with Crippen LogP contribution in [0.5, 0.6) is 0 Å². The Bertz CT molecular complexity index is 748. The molecule has 1 aliphatic heterocycles. The van der Waals surface area contributed by atoms with E-state index >= 15 is 0 Å². The highest BCUT2D eigenvalue weighted by Crippen LogP contribution is 2.30. The van der Waals surface area contributed by atoms with Gasteiger partial charge in [0.05, 0.1) is 11.6 Å². The monoisotopic (exact) mass is 344 g/mol. The lowest BCUT2D eigenvalue weighted by atomic mass is 9.95. The molecule has 2 aromatic heterocycles. The van der Waals surface area contributed by atoms with Crippen molar-refractivity contribution in [2.45, 2.75) is 70.9 Å². The Morgan fingerprint density at radius 1 is 1.17 bits per heavy atom. The summed E-state index contributed by atoms with van der Waals surface area (Å²) in [4.78, 5) is 14.2. The highest BCUT2D eigenvalue weighted by atomic mass is 32.1. The van der Waals surface area contributed by atoms with Crippen molar-refractivity contribution in [1.82, 2.24) is 20.1 Å². The first kappa shape index (κ1) is 15.8. The van der Waals surface area contributed by atoms with Crippen molar-refractivity contribution in [3.8, 4) is 0 Å². The lowest BCUT2D eigenvalue weighted by molar-refractivity contribution is 0.0937. The summed E-state index contributed by atoms with van der Waals surface area (Å²) in [5.41, 5.74) is 2.15. The summed E-state index contributed by atoms with van der Waals surface area (Å²) < 4.78 is 2.21. The van der Waals surface area contributed by atoms with Gasteiger partial charge >= 0.3 is 0 Å². The first-order valence-electron chi connectivity index (χ1n) is 9.06. The average molecular weight is 344 g/mol. The number of thiophene rings is 1. The number of nitrogens with zero attached hydrogens (tertiary/aromatic N) is 3. The third-order valence-electron chi connectivity index (χ3n) is 5.18. The zero-order valence-corrected chi connectivity index (χ0v) is 15.0. The van der Waals surface area contributed by atoms with Crippen LogP contribution in [0.3, 0.4) is 0 Å². The van der Waals surface area contributed by atoms with Crippen molar-refractivity contribution in [2.24, 2.45) is 0 Å². The highest BCUT2D eigenvalue weighted by Gasteiger charge is 2.24. The van der Waals surface area contributed by atoms with E-state index < -0.39 is 0 Å². The minimum Gasteiger partial charge on any atom is -0.342 e. The van der Waals surface area contributed by atoms with Crippen LogP contribution in [0.2, 0.25) is 0 Å². The van der Waals surface area contributed by atoms with E-state index in [1.807, 2.05) is 12.3 Å². The molecule has 1 amide bonds. The van der Waals surface area contributed by atoms with E-state index in [1.54, 1.807) is 11.3 Å². The summed E-state index contributed by atoms with van der Waals surface area (Å²) in [5.74, 6) is 1.99. The van der Waals surface area contributed by atoms with Gasteiger partial charge in [0.15, 0.2) is 5.82 Å². The van der Waals surface area contributed by atoms with Crippen LogP contribution in [0, 0.1) is 0 Å². The van der Waals surface area contributed by atoms with Gasteiger partial charge in [0.2, 0.25) is 0 Å². The van der Waals surface area contributed by atoms with Crippen LogP contribution in [-0.4, -0.2) is 20.7 Å². The molecule has 2 aromatic rings. The molecular formula is C18H24N4OS. The molecule has 1 N–H and O–H groups in total. The molecule has 3 heterocycles. The summed E-state index contributed by atoms with van der Waals surface area (Å²) in [6.07, 6.45) is 9.18. The maximum absolute atomic E-state index is 12.8. The summed E-state index contributed by atoms with van der Waals surface area (Å²) in [7, 11) is 0. The predicted octanol–water partition coefficient (Wildman–Crippen LogP) is 3.44. The van der Waals surface area contributed by atoms with E-state index in [0.29, 0.717) is 0 Å². The zero-order valence-electron chi connectivity index (χ0n) is 14.2. The fourth-order valence-electron chi connectivity index (χ4n) is 3.85. The van der Waals surface area contributed by atoms with Gasteiger partial charge in [-0.25, -0.2) is 0 Å². The van der Waals surface area contributed by atoms with Crippen LogP contribution in [0.25, 0.3) is 0 Å². The van der Waals surface area contributed by atoms with Crippen molar-refractivity contribution in [3.63, 3.8) is 0 Å². The first-order chi connectivity index (χ1) is 11.7. The number of rotatable bonds is 3. The van der Waals surface area contributed by atoms with Crippen molar-refractivity contribution in [2.75, 3.05) is 0 Å². The lowest BCUT2D eigenvalue weighted by Gasteiger charge is -2.17. The van der Waals surface area contributed by atoms with Crippen LogP contribution in [0.4, 0.5) is 0 Å². The van der Waals surface area contributed by atoms with Gasteiger partial charge in [0.1, 0.15) is 5.82 Å². The second-order valence-electron chi connectivity index (χ2n) is 6.89. The number of carbonyl (C=O) groups excluding carboxylic acids is 1. The largest absolute Gasteiger partial charge is 0.342 e. The highest BCUT2D eigenvalue weighted by molar-refractivity contribution is 7.10. The molecule has 0 fully saturated rings. The number of amides is 1. The van der Waals surface area contributed by atoms with E-state index in [2.05, 4.69) is 20.1 Å². The molecule has 0 spiro atoms. The van der Waals surface area contributed by atoms with Crippen LogP contribution in [-0.2, 0) is 25.8 Å². The Labute approximate surface area is 146 Å². The molecule has 0 radical (unpaired) electrons. The third kappa shape index (κ3) is 2.88. The average Bonchev–Trinajstić information content (AvgIpc) is 3.13. The number of hydrogen-bond acceptors (Lipinski definition) is 4. The van der Waals surface area contributed by atoms with Crippen LogP contribution >= 0.6 is 11.3 Å². The second kappa shape index (κ2) is 6.67. The molecule has 4 rings (SSSR count). The summed E-state index contributed by atoms with van der Waals surface area (Å²) in [6.45, 7) is 2.98. The van der Waals surface area contributed by atoms with Gasteiger partial charge in [0, 0.05) is 23.2 Å². The number of nitrogens with one attached hydrogen (secondary N) is 1. The minimum absolute atomic E-state index is 0.0351. The minimum atomic E-state index is -0.115. The fraction of sp³-hybridized carbons (Fsp3) is 0.611. The fourth-order valence-corrected chi connectivity index (χ4v) is 4.98. The Morgan fingerprint density at radius 3 is 2.92 bits per heavy atom. The number of hydrogen-bond donors (Lipinski definition) is 1. The maximum atomic E-state index is 12.8. The molecule has 0 saturated carbocycles. The van der Waals surface area contributed by atoms with E-state index in [0.717, 1.165) is 49.4 Å². The molecule has 128 valence electrons. The molecule has 24 heavy (non-hydrogen) atoms.